The van der Waals surface area contributed by atoms with Gasteiger partial charge in [0.15, 0.2) is 0 Å². The molecular formula is C16H14ClF3N4OS. The molecule has 0 N–H and O–H groups in total. The summed E-state index contributed by atoms with van der Waals surface area (Å²) in [6, 6.07) is 5.25. The fourth-order valence-corrected chi connectivity index (χ4v) is 3.70. The van der Waals surface area contributed by atoms with Crippen molar-refractivity contribution in [3.63, 3.8) is 0 Å². The van der Waals surface area contributed by atoms with Crippen LogP contribution in [-0.4, -0.2) is 31.5 Å². The highest BCUT2D eigenvalue weighted by atomic mass is 35.5. The van der Waals surface area contributed by atoms with Gasteiger partial charge in [0.25, 0.3) is 0 Å². The molecule has 138 valence electrons. The van der Waals surface area contributed by atoms with Crippen molar-refractivity contribution in [1.29, 1.82) is 0 Å². The number of nitrogens with zero attached hydrogens (tertiary/aromatic N) is 4. The van der Waals surface area contributed by atoms with E-state index >= 15 is 0 Å². The van der Waals surface area contributed by atoms with Crippen molar-refractivity contribution in [3.8, 4) is 0 Å². The molecule has 0 aliphatic rings. The first-order valence-electron chi connectivity index (χ1n) is 7.44. The molecule has 3 rings (SSSR count). The third-order valence-electron chi connectivity index (χ3n) is 3.79. The van der Waals surface area contributed by atoms with Crippen LogP contribution < -0.4 is 5.69 Å². The van der Waals surface area contributed by atoms with Crippen LogP contribution in [0.4, 0.5) is 13.2 Å². The van der Waals surface area contributed by atoms with E-state index in [0.29, 0.717) is 15.7 Å². The number of alkyl halides is 3. The second-order valence-electron chi connectivity index (χ2n) is 5.63. The lowest BCUT2D eigenvalue weighted by atomic mass is 10.1. The van der Waals surface area contributed by atoms with Crippen molar-refractivity contribution in [2.45, 2.75) is 17.2 Å². The summed E-state index contributed by atoms with van der Waals surface area (Å²) >= 11 is 6.58. The highest BCUT2D eigenvalue weighted by Gasteiger charge is 2.44. The van der Waals surface area contributed by atoms with Crippen LogP contribution in [0.3, 0.4) is 0 Å². The molecule has 0 spiro atoms. The van der Waals surface area contributed by atoms with Crippen LogP contribution in [0.25, 0.3) is 5.65 Å². The lowest BCUT2D eigenvalue weighted by molar-refractivity contribution is -0.169. The predicted octanol–water partition coefficient (Wildman–Crippen LogP) is 3.93. The van der Waals surface area contributed by atoms with Crippen LogP contribution in [-0.2, 0) is 7.05 Å². The zero-order chi connectivity index (χ0) is 19.1. The van der Waals surface area contributed by atoms with Gasteiger partial charge in [-0.2, -0.15) is 13.2 Å². The minimum atomic E-state index is -4.51. The van der Waals surface area contributed by atoms with Gasteiger partial charge in [0, 0.05) is 18.3 Å². The van der Waals surface area contributed by atoms with Crippen molar-refractivity contribution >= 4 is 29.2 Å². The lowest BCUT2D eigenvalue weighted by Crippen LogP contribution is -2.32. The molecule has 0 saturated heterocycles. The van der Waals surface area contributed by atoms with Gasteiger partial charge < -0.3 is 4.57 Å². The number of fused-ring (bicyclic) bond motifs is 1. The minimum Gasteiger partial charge on any atom is -0.303 e. The van der Waals surface area contributed by atoms with Crippen molar-refractivity contribution in [2.75, 3.05) is 7.05 Å². The van der Waals surface area contributed by atoms with E-state index in [1.54, 1.807) is 19.3 Å². The monoisotopic (exact) mass is 402 g/mol. The van der Waals surface area contributed by atoms with Gasteiger partial charge in [-0.15, -0.1) is 0 Å². The maximum atomic E-state index is 13.7. The fourth-order valence-electron chi connectivity index (χ4n) is 2.57. The fraction of sp³-hybridized carbons (Fsp3) is 0.250. The Hall–Kier alpha value is -1.97. The molecule has 0 unspecified atom stereocenters. The first-order chi connectivity index (χ1) is 12.2. The van der Waals surface area contributed by atoms with Gasteiger partial charge in [0.1, 0.15) is 16.7 Å². The van der Waals surface area contributed by atoms with Gasteiger partial charge >= 0.3 is 11.9 Å². The van der Waals surface area contributed by atoms with E-state index in [0.717, 1.165) is 16.3 Å². The molecule has 2 heterocycles. The summed E-state index contributed by atoms with van der Waals surface area (Å²) in [5.74, 6) is 0. The summed E-state index contributed by atoms with van der Waals surface area (Å²) in [6.07, 6.45) is -1.58. The molecule has 0 saturated carbocycles. The van der Waals surface area contributed by atoms with Crippen molar-refractivity contribution in [3.05, 3.63) is 63.8 Å². The minimum absolute atomic E-state index is 0.0543. The molecule has 3 aromatic rings. The summed E-state index contributed by atoms with van der Waals surface area (Å²) in [5.41, 5.74) is 0.0450. The molecule has 0 aliphatic heterocycles. The van der Waals surface area contributed by atoms with Crippen molar-refractivity contribution < 1.29 is 13.2 Å². The average Bonchev–Trinajstić information content (AvgIpc) is 2.95. The quantitative estimate of drug-likeness (QED) is 0.620. The Labute approximate surface area is 156 Å². The number of benzene rings is 1. The molecule has 1 atom stereocenters. The number of aromatic nitrogens is 3. The molecule has 0 amide bonds. The topological polar surface area (TPSA) is 42.5 Å². The summed E-state index contributed by atoms with van der Waals surface area (Å²) in [7, 11) is 2.89. The average molecular weight is 403 g/mol. The highest BCUT2D eigenvalue weighted by molar-refractivity contribution is 7.97. The van der Waals surface area contributed by atoms with Gasteiger partial charge in [0.05, 0.1) is 6.20 Å². The van der Waals surface area contributed by atoms with E-state index < -0.39 is 12.2 Å². The number of imidazole rings is 1. The Balaban J connectivity index is 1.99. The highest BCUT2D eigenvalue weighted by Crippen LogP contribution is 2.41. The molecule has 1 aromatic carbocycles. The molecule has 0 aliphatic carbocycles. The number of halogens is 4. The molecule has 10 heteroatoms. The Morgan fingerprint density at radius 3 is 2.50 bits per heavy atom. The van der Waals surface area contributed by atoms with E-state index in [4.69, 9.17) is 11.6 Å². The van der Waals surface area contributed by atoms with Gasteiger partial charge in [-0.1, -0.05) is 23.7 Å². The summed E-state index contributed by atoms with van der Waals surface area (Å²) < 4.78 is 44.7. The SMILES string of the molecule is CN(Sc1cnc2ccn(C)c(=O)n12)[C@H](c1ccc(Cl)cc1)C(F)(F)F. The summed E-state index contributed by atoms with van der Waals surface area (Å²) in [5, 5.41) is 0.655. The van der Waals surface area contributed by atoms with Crippen LogP contribution in [0.15, 0.2) is 52.5 Å². The van der Waals surface area contributed by atoms with Crippen LogP contribution in [0, 0.1) is 0 Å². The lowest BCUT2D eigenvalue weighted by Gasteiger charge is -2.29. The van der Waals surface area contributed by atoms with Gasteiger partial charge in [-0.05, 0) is 42.8 Å². The zero-order valence-electron chi connectivity index (χ0n) is 13.7. The number of hydrogen-bond acceptors (Lipinski definition) is 4. The van der Waals surface area contributed by atoms with Crippen molar-refractivity contribution in [1.82, 2.24) is 18.3 Å². The number of hydrogen-bond donors (Lipinski definition) is 0. The summed E-state index contributed by atoms with van der Waals surface area (Å²) in [6.45, 7) is 0. The first-order valence-corrected chi connectivity index (χ1v) is 8.59. The smallest absolute Gasteiger partial charge is 0.303 e. The second-order valence-corrected chi connectivity index (χ2v) is 7.25. The maximum absolute atomic E-state index is 13.7. The summed E-state index contributed by atoms with van der Waals surface area (Å²) in [4.78, 5) is 16.4. The number of rotatable bonds is 4. The van der Waals surface area contributed by atoms with Gasteiger partial charge in [0.2, 0.25) is 0 Å². The second kappa shape index (κ2) is 6.98. The molecule has 2 aromatic heterocycles. The zero-order valence-corrected chi connectivity index (χ0v) is 15.3. The molecule has 26 heavy (non-hydrogen) atoms. The van der Waals surface area contributed by atoms with E-state index in [-0.39, 0.29) is 11.3 Å². The standard InChI is InChI=1S/C16H14ClF3N4OS/c1-22-8-7-12-21-9-13(24(12)15(22)25)26-23(2)14(16(18,19)20)10-3-5-11(17)6-4-10/h3-9,14H,1-2H3/t14-/m1/s1. The normalized spacial score (nSPS) is 13.5. The van der Waals surface area contributed by atoms with Crippen LogP contribution >= 0.6 is 23.5 Å². The Kier molecular flexibility index (Phi) is 5.05. The first kappa shape index (κ1) is 18.8. The van der Waals surface area contributed by atoms with Gasteiger partial charge in [-0.3, -0.25) is 0 Å². The Bertz CT molecular complexity index is 984. The van der Waals surface area contributed by atoms with Crippen LogP contribution in [0.5, 0.6) is 0 Å². The van der Waals surface area contributed by atoms with Gasteiger partial charge in [-0.25, -0.2) is 18.5 Å². The molecule has 0 radical (unpaired) electrons. The largest absolute Gasteiger partial charge is 0.408 e. The third-order valence-corrected chi connectivity index (χ3v) is 5.02. The third kappa shape index (κ3) is 3.60. The molecule has 0 fully saturated rings. The predicted molar refractivity (Wildman–Crippen MR) is 94.3 cm³/mol. The van der Waals surface area contributed by atoms with Crippen LogP contribution in [0.1, 0.15) is 11.6 Å². The number of aryl methyl sites for hydroxylation is 1. The molecular weight excluding hydrogens is 389 g/mol. The van der Waals surface area contributed by atoms with E-state index in [9.17, 15) is 18.0 Å². The Morgan fingerprint density at radius 1 is 1.23 bits per heavy atom. The van der Waals surface area contributed by atoms with Crippen LogP contribution in [0.2, 0.25) is 5.02 Å². The molecule has 5 nitrogen and oxygen atoms in total. The van der Waals surface area contributed by atoms with Crippen molar-refractivity contribution in [2.24, 2.45) is 7.05 Å². The van der Waals surface area contributed by atoms with E-state index in [1.165, 1.54) is 46.5 Å². The Morgan fingerprint density at radius 2 is 1.88 bits per heavy atom. The van der Waals surface area contributed by atoms with E-state index in [1.807, 2.05) is 0 Å². The molecule has 0 bridgehead atoms. The maximum Gasteiger partial charge on any atom is 0.408 e. The van der Waals surface area contributed by atoms with E-state index in [2.05, 4.69) is 4.98 Å².